The molecule has 0 aliphatic carbocycles. The van der Waals surface area contributed by atoms with Crippen LogP contribution < -0.4 is 11.3 Å². The summed E-state index contributed by atoms with van der Waals surface area (Å²) < 4.78 is 38.0. The highest BCUT2D eigenvalue weighted by molar-refractivity contribution is 6.26. The molecule has 30 heteroatoms. The number of carbonyl (C=O) groups is 4. The average Bonchev–Trinajstić information content (AvgIpc) is 3.57. The fraction of sp³-hybridized carbons (Fsp3) is 0.125. The third-order valence-corrected chi connectivity index (χ3v) is 12.6. The molecule has 6 aromatic carbocycles. The van der Waals surface area contributed by atoms with Crippen molar-refractivity contribution in [3.8, 4) is 114 Å². The molecule has 2 aliphatic heterocycles. The first kappa shape index (κ1) is 50.4. The van der Waals surface area contributed by atoms with Gasteiger partial charge in [-0.1, -0.05) is 0 Å². The first-order chi connectivity index (χ1) is 36.7. The molecule has 0 amide bonds. The summed E-state index contributed by atoms with van der Waals surface area (Å²) in [5.74, 6) is -28.5. The van der Waals surface area contributed by atoms with Gasteiger partial charge in [0.25, 0.3) is 0 Å². The van der Waals surface area contributed by atoms with Crippen molar-refractivity contribution in [2.45, 2.75) is 30.7 Å². The molecule has 0 saturated carbocycles. The molecule has 2 aromatic heterocycles. The van der Waals surface area contributed by atoms with E-state index in [9.17, 15) is 116 Å². The Morgan fingerprint density at radius 2 is 0.936 bits per heavy atom. The van der Waals surface area contributed by atoms with E-state index in [0.717, 1.165) is 0 Å². The maximum atomic E-state index is 15.0. The lowest BCUT2D eigenvalue weighted by molar-refractivity contribution is -0.284. The lowest BCUT2D eigenvalue weighted by Gasteiger charge is -2.43. The first-order valence-corrected chi connectivity index (χ1v) is 21.6. The molecule has 4 heterocycles. The summed E-state index contributed by atoms with van der Waals surface area (Å²) in [7, 11) is 0. The van der Waals surface area contributed by atoms with E-state index in [0.29, 0.717) is 36.4 Å². The van der Waals surface area contributed by atoms with E-state index in [1.165, 1.54) is 0 Å². The van der Waals surface area contributed by atoms with Crippen molar-refractivity contribution >= 4 is 56.6 Å². The largest absolute Gasteiger partial charge is 0.504 e. The molecule has 10 rings (SSSR count). The highest BCUT2D eigenvalue weighted by Gasteiger charge is 2.54. The van der Waals surface area contributed by atoms with Crippen molar-refractivity contribution in [3.63, 3.8) is 0 Å². The summed E-state index contributed by atoms with van der Waals surface area (Å²) in [5, 5.41) is 180. The third-order valence-electron chi connectivity index (χ3n) is 12.6. The van der Waals surface area contributed by atoms with E-state index >= 15 is 0 Å². The van der Waals surface area contributed by atoms with Crippen LogP contribution in [0.5, 0.6) is 92.0 Å². The van der Waals surface area contributed by atoms with Crippen LogP contribution in [0.1, 0.15) is 41.4 Å². The Balaban J connectivity index is 1.17. The lowest BCUT2D eigenvalue weighted by Crippen LogP contribution is -2.62. The molecule has 30 nitrogen and oxygen atoms in total. The lowest BCUT2D eigenvalue weighted by atomic mass is 9.90. The van der Waals surface area contributed by atoms with Gasteiger partial charge >= 0.3 is 35.1 Å². The van der Waals surface area contributed by atoms with Crippen molar-refractivity contribution in [2.75, 3.05) is 6.61 Å². The Morgan fingerprint density at radius 3 is 1.51 bits per heavy atom. The van der Waals surface area contributed by atoms with Gasteiger partial charge in [-0.15, -0.1) is 0 Å². The number of rotatable bonds is 6. The zero-order valence-corrected chi connectivity index (χ0v) is 38.0. The van der Waals surface area contributed by atoms with Crippen LogP contribution in [0.4, 0.5) is 0 Å². The Labute approximate surface area is 425 Å². The van der Waals surface area contributed by atoms with Crippen molar-refractivity contribution in [2.24, 2.45) is 0 Å². The van der Waals surface area contributed by atoms with Gasteiger partial charge in [-0.25, -0.2) is 28.8 Å². The minimum Gasteiger partial charge on any atom is -0.504 e. The molecule has 0 spiro atoms. The topological polar surface area (TPSA) is 519 Å². The molecular formula is C48H30O30. The van der Waals surface area contributed by atoms with E-state index in [-0.39, 0.29) is 0 Å². The molecule has 78 heavy (non-hydrogen) atoms. The van der Waals surface area contributed by atoms with Crippen molar-refractivity contribution in [1.29, 1.82) is 0 Å². The number of phenols is 16. The maximum absolute atomic E-state index is 15.0. The van der Waals surface area contributed by atoms with Gasteiger partial charge in [0.05, 0.1) is 33.0 Å². The van der Waals surface area contributed by atoms with E-state index in [1.54, 1.807) is 0 Å². The Hall–Kier alpha value is -11.1. The van der Waals surface area contributed by atoms with Gasteiger partial charge in [0.15, 0.2) is 99.0 Å². The van der Waals surface area contributed by atoms with Crippen molar-refractivity contribution < 1.29 is 139 Å². The van der Waals surface area contributed by atoms with Crippen LogP contribution in [0.25, 0.3) is 55.0 Å². The number of esters is 4. The van der Waals surface area contributed by atoms with Gasteiger partial charge in [0.1, 0.15) is 12.7 Å². The number of hydrogen-bond donors (Lipinski definition) is 17. The number of fused-ring (bicyclic) bond motifs is 4. The summed E-state index contributed by atoms with van der Waals surface area (Å²) in [5.41, 5.74) is -13.9. The molecule has 0 bridgehead atoms. The second-order valence-electron chi connectivity index (χ2n) is 17.1. The smallest absolute Gasteiger partial charge is 0.345 e. The number of hydrogen-bond acceptors (Lipinski definition) is 30. The SMILES string of the molecule is O=C(OC[C@@H]1O[C@H](O)[C@H]2OC(=O)c3cc(O)c(O)c(O)c3-c3c(cc(O)c(O)c3O)C(=O)O[C@@H]2[C@H]1OC(=O)c1cc(O)c(O)c(O)c1-c1c(O)c(O)c2oc(=O)c3cc(O)c(O)c4oc(=O)c1c2c43)c1cc(O)c(O)c(O)c1. The van der Waals surface area contributed by atoms with E-state index in [2.05, 4.69) is 0 Å². The van der Waals surface area contributed by atoms with Crippen LogP contribution >= 0.6 is 0 Å². The number of aliphatic hydroxyl groups excluding tert-OH is 1. The predicted octanol–water partition coefficient (Wildman–Crippen LogP) is 1.98. The number of ether oxygens (including phenoxy) is 5. The zero-order chi connectivity index (χ0) is 56.6. The van der Waals surface area contributed by atoms with Gasteiger partial charge in [-0.05, 0) is 36.4 Å². The van der Waals surface area contributed by atoms with Gasteiger partial charge in [0, 0.05) is 33.0 Å². The molecule has 0 unspecified atom stereocenters. The summed E-state index contributed by atoms with van der Waals surface area (Å²) >= 11 is 0. The molecule has 1 fully saturated rings. The van der Waals surface area contributed by atoms with Crippen molar-refractivity contribution in [3.05, 3.63) is 79.5 Å². The summed E-state index contributed by atoms with van der Waals surface area (Å²) in [6.07, 6.45) is -12.7. The molecule has 2 aliphatic rings. The summed E-state index contributed by atoms with van der Waals surface area (Å²) in [4.78, 5) is 84.1. The Bertz CT molecular complexity index is 4110. The van der Waals surface area contributed by atoms with Crippen LogP contribution in [-0.4, -0.2) is 148 Å². The average molecular weight is 1090 g/mol. The number of carbonyl (C=O) groups excluding carboxylic acids is 4. The van der Waals surface area contributed by atoms with Crippen LogP contribution in [0.3, 0.4) is 0 Å². The second kappa shape index (κ2) is 17.5. The molecular weight excluding hydrogens is 1060 g/mol. The molecule has 8 aromatic rings. The summed E-state index contributed by atoms with van der Waals surface area (Å²) in [6.45, 7) is -1.32. The monoisotopic (exact) mass is 1090 g/mol. The van der Waals surface area contributed by atoms with E-state index in [1.807, 2.05) is 0 Å². The number of aliphatic hydroxyl groups is 1. The number of benzene rings is 6. The van der Waals surface area contributed by atoms with Crippen LogP contribution in [0.15, 0.2) is 54.8 Å². The minimum atomic E-state index is -2.65. The Morgan fingerprint density at radius 1 is 0.462 bits per heavy atom. The van der Waals surface area contributed by atoms with Gasteiger partial charge in [-0.3, -0.25) is 0 Å². The Kier molecular flexibility index (Phi) is 11.3. The fourth-order valence-electron chi connectivity index (χ4n) is 9.05. The standard InChI is InChI=1S/C48H30O30/c49-13-1-8(2-14(50)27(13)55)42(65)72-7-19-37(40-41(48(71)73-19)78-45(68)10-4-16(52)29(57)33(61)21(10)20-9(44(67)77-40)3-15(51)28(56)32(20)60)74-43(66)11-5-17(53)30(58)34(62)22(11)24-26-25-23-12(46(69)75-39(25)36(64)35(24)63)6-18(54)31(59)38(23)76-47(26)70/h1-6,19,37,40-41,48-64,71H,7H2/t19-,37-,40+,41-,48-/m0/s1. The van der Waals surface area contributed by atoms with Gasteiger partial charge in [0.2, 0.25) is 28.7 Å². The molecule has 17 N–H and O–H groups in total. The fourth-order valence-corrected chi connectivity index (χ4v) is 9.05. The van der Waals surface area contributed by atoms with Crippen LogP contribution in [0.2, 0.25) is 0 Å². The first-order valence-electron chi connectivity index (χ1n) is 21.6. The maximum Gasteiger partial charge on any atom is 0.345 e. The second-order valence-corrected chi connectivity index (χ2v) is 17.1. The zero-order valence-electron chi connectivity index (χ0n) is 38.0. The highest BCUT2D eigenvalue weighted by Crippen LogP contribution is 2.56. The van der Waals surface area contributed by atoms with E-state index in [4.69, 9.17) is 32.5 Å². The van der Waals surface area contributed by atoms with Crippen molar-refractivity contribution in [1.82, 2.24) is 0 Å². The molecule has 5 atom stereocenters. The summed E-state index contributed by atoms with van der Waals surface area (Å²) in [6, 6.07) is 2.90. The minimum absolute atomic E-state index is 0.292. The van der Waals surface area contributed by atoms with Gasteiger partial charge in [-0.2, -0.15) is 0 Å². The third kappa shape index (κ3) is 7.34. The number of phenolic OH excluding ortho intramolecular Hbond substituents is 16. The van der Waals surface area contributed by atoms with Crippen LogP contribution in [-0.2, 0) is 23.7 Å². The molecule has 402 valence electrons. The number of aromatic hydroxyl groups is 16. The van der Waals surface area contributed by atoms with E-state index < -0.39 is 242 Å². The molecule has 0 radical (unpaired) electrons. The predicted molar refractivity (Wildman–Crippen MR) is 246 cm³/mol. The molecule has 1 saturated heterocycles. The highest BCUT2D eigenvalue weighted by atomic mass is 16.7. The van der Waals surface area contributed by atoms with Gasteiger partial charge < -0.3 is 119 Å². The normalized spacial score (nSPS) is 18.2. The quantitative estimate of drug-likeness (QED) is 0.0372. The van der Waals surface area contributed by atoms with Crippen LogP contribution in [0, 0.1) is 0 Å².